The Morgan fingerprint density at radius 3 is 3.04 bits per heavy atom. The Bertz CT molecular complexity index is 642. The maximum absolute atomic E-state index is 12.4. The zero-order chi connectivity index (χ0) is 16.1. The number of carbonyl (C=O) groups is 1. The molecule has 0 unspecified atom stereocenters. The minimum Gasteiger partial charge on any atom is -0.379 e. The summed E-state index contributed by atoms with van der Waals surface area (Å²) in [5.74, 6) is -0.127. The fourth-order valence-corrected chi connectivity index (χ4v) is 2.70. The number of methoxy groups -OCH3 is 1. The number of rotatable bonds is 5. The highest BCUT2D eigenvalue weighted by Gasteiger charge is 2.27. The van der Waals surface area contributed by atoms with Gasteiger partial charge in [-0.25, -0.2) is 0 Å². The Balaban J connectivity index is 1.62. The largest absolute Gasteiger partial charge is 0.379 e. The van der Waals surface area contributed by atoms with Crippen molar-refractivity contribution in [3.05, 3.63) is 53.9 Å². The Kier molecular flexibility index (Phi) is 5.05. The molecule has 1 aromatic carbocycles. The molecule has 0 saturated carbocycles. The Hall–Kier alpha value is -2.18. The molecule has 2 aromatic rings. The predicted molar refractivity (Wildman–Crippen MR) is 85.3 cm³/mol. The van der Waals surface area contributed by atoms with Gasteiger partial charge in [-0.1, -0.05) is 30.3 Å². The summed E-state index contributed by atoms with van der Waals surface area (Å²) in [5, 5.41) is 7.28. The van der Waals surface area contributed by atoms with Crippen LogP contribution >= 0.6 is 0 Å². The van der Waals surface area contributed by atoms with Gasteiger partial charge in [0.15, 0.2) is 0 Å². The molecule has 2 heterocycles. The maximum atomic E-state index is 12.4. The van der Waals surface area contributed by atoms with Crippen molar-refractivity contribution in [2.75, 3.05) is 20.3 Å². The standard InChI is InChI=1S/C17H21N3O3/c1-22-16-12-23-8-7-15(16)19-17(21)14-9-18-20(11-14)10-13-5-3-2-4-6-13/h2-6,9,11,15-16H,7-8,10,12H2,1H3,(H,19,21)/t15-,16-/m1/s1. The lowest BCUT2D eigenvalue weighted by atomic mass is 10.1. The van der Waals surface area contributed by atoms with Gasteiger partial charge in [-0.3, -0.25) is 9.48 Å². The number of amides is 1. The minimum atomic E-state index is -0.127. The van der Waals surface area contributed by atoms with Crippen LogP contribution in [0.3, 0.4) is 0 Å². The van der Waals surface area contributed by atoms with Crippen molar-refractivity contribution in [2.45, 2.75) is 25.1 Å². The summed E-state index contributed by atoms with van der Waals surface area (Å²) in [7, 11) is 1.64. The predicted octanol–water partition coefficient (Wildman–Crippen LogP) is 1.47. The van der Waals surface area contributed by atoms with Gasteiger partial charge in [-0.2, -0.15) is 5.10 Å². The first-order chi connectivity index (χ1) is 11.3. The van der Waals surface area contributed by atoms with E-state index in [0.29, 0.717) is 25.3 Å². The van der Waals surface area contributed by atoms with Gasteiger partial charge in [0.05, 0.1) is 31.0 Å². The summed E-state index contributed by atoms with van der Waals surface area (Å²) in [4.78, 5) is 12.4. The average molecular weight is 315 g/mol. The van der Waals surface area contributed by atoms with E-state index in [1.807, 2.05) is 30.3 Å². The molecule has 122 valence electrons. The second kappa shape index (κ2) is 7.39. The van der Waals surface area contributed by atoms with E-state index in [9.17, 15) is 4.79 Å². The van der Waals surface area contributed by atoms with Crippen LogP contribution in [0.5, 0.6) is 0 Å². The quantitative estimate of drug-likeness (QED) is 0.907. The van der Waals surface area contributed by atoms with Gasteiger partial charge in [0.25, 0.3) is 5.91 Å². The van der Waals surface area contributed by atoms with Gasteiger partial charge in [-0.15, -0.1) is 0 Å². The average Bonchev–Trinajstić information content (AvgIpc) is 3.05. The van der Waals surface area contributed by atoms with Crippen molar-refractivity contribution in [1.29, 1.82) is 0 Å². The molecule has 6 nitrogen and oxygen atoms in total. The maximum Gasteiger partial charge on any atom is 0.254 e. The fourth-order valence-electron chi connectivity index (χ4n) is 2.70. The second-order valence-electron chi connectivity index (χ2n) is 5.63. The van der Waals surface area contributed by atoms with E-state index in [1.54, 1.807) is 24.2 Å². The molecule has 1 aliphatic rings. The van der Waals surface area contributed by atoms with Crippen molar-refractivity contribution in [2.24, 2.45) is 0 Å². The third-order valence-corrected chi connectivity index (χ3v) is 4.01. The summed E-state index contributed by atoms with van der Waals surface area (Å²) in [6.07, 6.45) is 4.01. The van der Waals surface area contributed by atoms with E-state index in [2.05, 4.69) is 10.4 Å². The zero-order valence-corrected chi connectivity index (χ0v) is 13.1. The summed E-state index contributed by atoms with van der Waals surface area (Å²) in [6, 6.07) is 9.99. The molecule has 0 spiro atoms. The zero-order valence-electron chi connectivity index (χ0n) is 13.1. The van der Waals surface area contributed by atoms with Gasteiger partial charge in [-0.05, 0) is 12.0 Å². The van der Waals surface area contributed by atoms with Crippen molar-refractivity contribution in [3.8, 4) is 0 Å². The number of hydrogen-bond acceptors (Lipinski definition) is 4. The van der Waals surface area contributed by atoms with E-state index in [4.69, 9.17) is 9.47 Å². The number of aromatic nitrogens is 2. The van der Waals surface area contributed by atoms with E-state index in [-0.39, 0.29) is 18.1 Å². The van der Waals surface area contributed by atoms with Crippen LogP contribution in [0.25, 0.3) is 0 Å². The minimum absolute atomic E-state index is 0.0290. The highest BCUT2D eigenvalue weighted by atomic mass is 16.5. The monoisotopic (exact) mass is 315 g/mol. The normalized spacial score (nSPS) is 21.1. The Morgan fingerprint density at radius 2 is 2.26 bits per heavy atom. The van der Waals surface area contributed by atoms with Crippen LogP contribution in [0, 0.1) is 0 Å². The lowest BCUT2D eigenvalue weighted by Crippen LogP contribution is -2.49. The highest BCUT2D eigenvalue weighted by Crippen LogP contribution is 2.12. The molecule has 0 radical (unpaired) electrons. The van der Waals surface area contributed by atoms with Crippen LogP contribution in [0.2, 0.25) is 0 Å². The molecule has 6 heteroatoms. The topological polar surface area (TPSA) is 65.4 Å². The van der Waals surface area contributed by atoms with Crippen LogP contribution in [-0.4, -0.2) is 48.2 Å². The molecule has 1 saturated heterocycles. The van der Waals surface area contributed by atoms with Gasteiger partial charge < -0.3 is 14.8 Å². The molecule has 3 rings (SSSR count). The second-order valence-corrected chi connectivity index (χ2v) is 5.63. The van der Waals surface area contributed by atoms with Crippen molar-refractivity contribution >= 4 is 5.91 Å². The third kappa shape index (κ3) is 3.97. The summed E-state index contributed by atoms with van der Waals surface area (Å²) < 4.78 is 12.5. The lowest BCUT2D eigenvalue weighted by molar-refractivity contribution is -0.0479. The number of nitrogens with one attached hydrogen (secondary N) is 1. The molecule has 1 amide bonds. The van der Waals surface area contributed by atoms with Gasteiger partial charge >= 0.3 is 0 Å². The number of carbonyl (C=O) groups excluding carboxylic acids is 1. The summed E-state index contributed by atoms with van der Waals surface area (Å²) >= 11 is 0. The number of ether oxygens (including phenoxy) is 2. The highest BCUT2D eigenvalue weighted by molar-refractivity contribution is 5.93. The van der Waals surface area contributed by atoms with Crippen molar-refractivity contribution in [3.63, 3.8) is 0 Å². The van der Waals surface area contributed by atoms with E-state index >= 15 is 0 Å². The molecule has 1 fully saturated rings. The van der Waals surface area contributed by atoms with E-state index in [1.165, 1.54) is 0 Å². The SMILES string of the molecule is CO[C@@H]1COCC[C@H]1NC(=O)c1cnn(Cc2ccccc2)c1. The Morgan fingerprint density at radius 1 is 1.43 bits per heavy atom. The first-order valence-corrected chi connectivity index (χ1v) is 7.74. The molecule has 1 N–H and O–H groups in total. The fraction of sp³-hybridized carbons (Fsp3) is 0.412. The van der Waals surface area contributed by atoms with Crippen molar-refractivity contribution < 1.29 is 14.3 Å². The molecule has 2 atom stereocenters. The molecular formula is C17H21N3O3. The van der Waals surface area contributed by atoms with Gasteiger partial charge in [0, 0.05) is 19.9 Å². The number of hydrogen-bond donors (Lipinski definition) is 1. The first-order valence-electron chi connectivity index (χ1n) is 7.74. The summed E-state index contributed by atoms with van der Waals surface area (Å²) in [6.45, 7) is 1.79. The molecular weight excluding hydrogens is 294 g/mol. The Labute approximate surface area is 135 Å². The third-order valence-electron chi connectivity index (χ3n) is 4.01. The van der Waals surface area contributed by atoms with Crippen LogP contribution in [0.15, 0.2) is 42.7 Å². The van der Waals surface area contributed by atoms with E-state index in [0.717, 1.165) is 12.0 Å². The van der Waals surface area contributed by atoms with Crippen LogP contribution in [0.4, 0.5) is 0 Å². The molecule has 1 aromatic heterocycles. The molecule has 23 heavy (non-hydrogen) atoms. The molecule has 0 aliphatic carbocycles. The molecule has 1 aliphatic heterocycles. The number of benzene rings is 1. The van der Waals surface area contributed by atoms with Gasteiger partial charge in [0.1, 0.15) is 6.10 Å². The van der Waals surface area contributed by atoms with Crippen LogP contribution in [-0.2, 0) is 16.0 Å². The van der Waals surface area contributed by atoms with Crippen molar-refractivity contribution in [1.82, 2.24) is 15.1 Å². The van der Waals surface area contributed by atoms with Crippen LogP contribution < -0.4 is 5.32 Å². The summed E-state index contributed by atoms with van der Waals surface area (Å²) in [5.41, 5.74) is 1.70. The smallest absolute Gasteiger partial charge is 0.254 e. The lowest BCUT2D eigenvalue weighted by Gasteiger charge is -2.30. The molecule has 0 bridgehead atoms. The first kappa shape index (κ1) is 15.7. The number of nitrogens with zero attached hydrogens (tertiary/aromatic N) is 2. The van der Waals surface area contributed by atoms with E-state index < -0.39 is 0 Å². The van der Waals surface area contributed by atoms with Gasteiger partial charge in [0.2, 0.25) is 0 Å². The van der Waals surface area contributed by atoms with Crippen LogP contribution in [0.1, 0.15) is 22.3 Å².